The number of carbonyl (C=O) groups excluding carboxylic acids is 1. The molecular weight excluding hydrogens is 332 g/mol. The van der Waals surface area contributed by atoms with Crippen LogP contribution in [0, 0.1) is 0 Å². The number of aryl methyl sites for hydroxylation is 3. The lowest BCUT2D eigenvalue weighted by Gasteiger charge is -2.13. The maximum atomic E-state index is 12.6. The van der Waals surface area contributed by atoms with Gasteiger partial charge in [-0.15, -0.1) is 10.2 Å². The summed E-state index contributed by atoms with van der Waals surface area (Å²) in [6, 6.07) is 6.29. The SMILES string of the molecule is C[C@H](Sc1nnc2n1CCCCC2)C(=O)Nc1ccc2c(c1)CCC2. The minimum absolute atomic E-state index is 0.0221. The normalized spacial score (nSPS) is 17.5. The molecule has 4 rings (SSSR count). The summed E-state index contributed by atoms with van der Waals surface area (Å²) in [4.78, 5) is 12.6. The van der Waals surface area contributed by atoms with Crippen LogP contribution in [0.3, 0.4) is 0 Å². The Labute approximate surface area is 152 Å². The molecule has 1 aromatic heterocycles. The molecule has 0 saturated heterocycles. The molecule has 1 aromatic carbocycles. The third-order valence-electron chi connectivity index (χ3n) is 5.09. The molecule has 1 aliphatic carbocycles. The van der Waals surface area contributed by atoms with Gasteiger partial charge in [0.15, 0.2) is 5.16 Å². The van der Waals surface area contributed by atoms with E-state index < -0.39 is 0 Å². The highest BCUT2D eigenvalue weighted by atomic mass is 32.2. The molecule has 2 aliphatic rings. The second kappa shape index (κ2) is 7.20. The zero-order valence-electron chi connectivity index (χ0n) is 14.6. The van der Waals surface area contributed by atoms with E-state index in [4.69, 9.17) is 0 Å². The molecule has 25 heavy (non-hydrogen) atoms. The van der Waals surface area contributed by atoms with E-state index in [-0.39, 0.29) is 11.2 Å². The first-order valence-electron chi connectivity index (χ1n) is 9.22. The number of carbonyl (C=O) groups is 1. The van der Waals surface area contributed by atoms with Crippen molar-refractivity contribution in [3.05, 3.63) is 35.2 Å². The zero-order valence-corrected chi connectivity index (χ0v) is 15.4. The predicted octanol–water partition coefficient (Wildman–Crippen LogP) is 3.61. The molecule has 132 valence electrons. The summed E-state index contributed by atoms with van der Waals surface area (Å²) in [5.74, 6) is 1.08. The lowest BCUT2D eigenvalue weighted by atomic mass is 10.1. The number of fused-ring (bicyclic) bond motifs is 2. The van der Waals surface area contributed by atoms with Crippen LogP contribution < -0.4 is 5.32 Å². The van der Waals surface area contributed by atoms with Gasteiger partial charge in [-0.25, -0.2) is 0 Å². The number of benzene rings is 1. The van der Waals surface area contributed by atoms with Crippen molar-refractivity contribution in [2.24, 2.45) is 0 Å². The number of thioether (sulfide) groups is 1. The molecule has 0 radical (unpaired) electrons. The van der Waals surface area contributed by atoms with Gasteiger partial charge in [-0.3, -0.25) is 4.79 Å². The summed E-state index contributed by atoms with van der Waals surface area (Å²) < 4.78 is 2.19. The Kier molecular flexibility index (Phi) is 4.79. The van der Waals surface area contributed by atoms with Gasteiger partial charge < -0.3 is 9.88 Å². The Morgan fingerprint density at radius 1 is 1.12 bits per heavy atom. The van der Waals surface area contributed by atoms with Crippen molar-refractivity contribution in [3.63, 3.8) is 0 Å². The van der Waals surface area contributed by atoms with Crippen molar-refractivity contribution >= 4 is 23.4 Å². The van der Waals surface area contributed by atoms with Crippen LogP contribution in [0.4, 0.5) is 5.69 Å². The van der Waals surface area contributed by atoms with Crippen molar-refractivity contribution in [2.75, 3.05) is 5.32 Å². The molecule has 5 nitrogen and oxygen atoms in total. The smallest absolute Gasteiger partial charge is 0.237 e. The van der Waals surface area contributed by atoms with E-state index in [1.807, 2.05) is 13.0 Å². The molecule has 1 amide bonds. The Morgan fingerprint density at radius 2 is 2.00 bits per heavy atom. The number of nitrogens with one attached hydrogen (secondary N) is 1. The quantitative estimate of drug-likeness (QED) is 0.850. The standard InChI is InChI=1S/C19H24N4OS/c1-13(25-19-22-21-17-8-3-2-4-11-23(17)19)18(24)20-16-10-9-14-6-5-7-15(14)12-16/h9-10,12-13H,2-8,11H2,1H3,(H,20,24)/t13-/m0/s1. The van der Waals surface area contributed by atoms with Crippen molar-refractivity contribution < 1.29 is 4.79 Å². The van der Waals surface area contributed by atoms with Crippen LogP contribution in [0.25, 0.3) is 0 Å². The second-order valence-electron chi connectivity index (χ2n) is 6.95. The molecule has 2 heterocycles. The minimum Gasteiger partial charge on any atom is -0.325 e. The van der Waals surface area contributed by atoms with Crippen LogP contribution in [-0.2, 0) is 30.6 Å². The summed E-state index contributed by atoms with van der Waals surface area (Å²) in [5.41, 5.74) is 3.70. The fraction of sp³-hybridized carbons (Fsp3) is 0.526. The van der Waals surface area contributed by atoms with E-state index in [1.165, 1.54) is 42.2 Å². The summed E-state index contributed by atoms with van der Waals surface area (Å²) in [6.07, 6.45) is 8.07. The van der Waals surface area contributed by atoms with Crippen LogP contribution in [-0.4, -0.2) is 25.9 Å². The Balaban J connectivity index is 1.42. The average molecular weight is 356 g/mol. The van der Waals surface area contributed by atoms with Gasteiger partial charge >= 0.3 is 0 Å². The first-order chi connectivity index (χ1) is 12.2. The van der Waals surface area contributed by atoms with Crippen LogP contribution in [0.1, 0.15) is 49.6 Å². The Morgan fingerprint density at radius 3 is 2.92 bits per heavy atom. The highest BCUT2D eigenvalue weighted by molar-refractivity contribution is 8.00. The van der Waals surface area contributed by atoms with E-state index in [1.54, 1.807) is 0 Å². The van der Waals surface area contributed by atoms with Crippen LogP contribution in [0.5, 0.6) is 0 Å². The van der Waals surface area contributed by atoms with Crippen LogP contribution in [0.15, 0.2) is 23.4 Å². The van der Waals surface area contributed by atoms with Crippen LogP contribution in [0.2, 0.25) is 0 Å². The van der Waals surface area contributed by atoms with Gasteiger partial charge in [0.2, 0.25) is 5.91 Å². The van der Waals surface area contributed by atoms with Crippen molar-refractivity contribution in [3.8, 4) is 0 Å². The van der Waals surface area contributed by atoms with E-state index >= 15 is 0 Å². The fourth-order valence-corrected chi connectivity index (χ4v) is 4.54. The summed E-state index contributed by atoms with van der Waals surface area (Å²) in [6.45, 7) is 2.90. The molecule has 0 fully saturated rings. The number of aromatic nitrogens is 3. The first kappa shape index (κ1) is 16.6. The number of amides is 1. The molecule has 2 aromatic rings. The zero-order chi connectivity index (χ0) is 17.2. The number of hydrogen-bond acceptors (Lipinski definition) is 4. The molecular formula is C19H24N4OS. The second-order valence-corrected chi connectivity index (χ2v) is 8.26. The number of nitrogens with zero attached hydrogens (tertiary/aromatic N) is 3. The Hall–Kier alpha value is -1.82. The molecule has 0 unspecified atom stereocenters. The molecule has 1 aliphatic heterocycles. The third-order valence-corrected chi connectivity index (χ3v) is 6.17. The first-order valence-corrected chi connectivity index (χ1v) is 10.1. The molecule has 0 saturated carbocycles. The summed E-state index contributed by atoms with van der Waals surface area (Å²) >= 11 is 1.50. The van der Waals surface area contributed by atoms with Gasteiger partial charge in [-0.1, -0.05) is 24.2 Å². The van der Waals surface area contributed by atoms with Crippen molar-refractivity contribution in [2.45, 2.75) is 68.8 Å². The number of rotatable bonds is 4. The van der Waals surface area contributed by atoms with E-state index in [9.17, 15) is 4.79 Å². The highest BCUT2D eigenvalue weighted by Crippen LogP contribution is 2.28. The van der Waals surface area contributed by atoms with Gasteiger partial charge in [0.05, 0.1) is 5.25 Å². The van der Waals surface area contributed by atoms with Gasteiger partial charge in [0.1, 0.15) is 5.82 Å². The van der Waals surface area contributed by atoms with Crippen molar-refractivity contribution in [1.29, 1.82) is 0 Å². The van der Waals surface area contributed by atoms with Gasteiger partial charge in [0.25, 0.3) is 0 Å². The molecule has 0 bridgehead atoms. The van der Waals surface area contributed by atoms with Crippen molar-refractivity contribution in [1.82, 2.24) is 14.8 Å². The number of hydrogen-bond donors (Lipinski definition) is 1. The predicted molar refractivity (Wildman–Crippen MR) is 100.0 cm³/mol. The fourth-order valence-electron chi connectivity index (χ4n) is 3.65. The maximum Gasteiger partial charge on any atom is 0.237 e. The topological polar surface area (TPSA) is 59.8 Å². The molecule has 6 heteroatoms. The van der Waals surface area contributed by atoms with Gasteiger partial charge in [-0.2, -0.15) is 0 Å². The monoisotopic (exact) mass is 356 g/mol. The maximum absolute atomic E-state index is 12.6. The Bertz CT molecular complexity index is 786. The van der Waals surface area contributed by atoms with E-state index in [0.717, 1.165) is 48.9 Å². The average Bonchev–Trinajstić information content (AvgIpc) is 3.15. The van der Waals surface area contributed by atoms with Gasteiger partial charge in [0, 0.05) is 18.7 Å². The third kappa shape index (κ3) is 3.59. The lowest BCUT2D eigenvalue weighted by Crippen LogP contribution is -2.23. The van der Waals surface area contributed by atoms with Gasteiger partial charge in [-0.05, 0) is 62.3 Å². The summed E-state index contributed by atoms with van der Waals surface area (Å²) in [7, 11) is 0. The minimum atomic E-state index is -0.204. The van der Waals surface area contributed by atoms with Crippen LogP contribution >= 0.6 is 11.8 Å². The lowest BCUT2D eigenvalue weighted by molar-refractivity contribution is -0.115. The molecule has 1 N–H and O–H groups in total. The molecule has 0 spiro atoms. The molecule has 1 atom stereocenters. The summed E-state index contributed by atoms with van der Waals surface area (Å²) in [5, 5.41) is 12.3. The highest BCUT2D eigenvalue weighted by Gasteiger charge is 2.21. The largest absolute Gasteiger partial charge is 0.325 e. The number of anilines is 1. The van der Waals surface area contributed by atoms with E-state index in [2.05, 4.69) is 32.2 Å². The van der Waals surface area contributed by atoms with E-state index in [0.29, 0.717) is 0 Å².